The van der Waals surface area contributed by atoms with E-state index < -0.39 is 0 Å². The minimum absolute atomic E-state index is 0.0384. The molecule has 0 bridgehead atoms. The fourth-order valence-corrected chi connectivity index (χ4v) is 3.08. The maximum absolute atomic E-state index is 12.6. The van der Waals surface area contributed by atoms with Gasteiger partial charge in [-0.1, -0.05) is 29.8 Å². The van der Waals surface area contributed by atoms with E-state index in [-0.39, 0.29) is 18.5 Å². The van der Waals surface area contributed by atoms with Crippen molar-refractivity contribution in [3.63, 3.8) is 0 Å². The van der Waals surface area contributed by atoms with Gasteiger partial charge < -0.3 is 10.2 Å². The van der Waals surface area contributed by atoms with Crippen LogP contribution >= 0.6 is 11.6 Å². The van der Waals surface area contributed by atoms with Gasteiger partial charge in [-0.05, 0) is 49.2 Å². The van der Waals surface area contributed by atoms with Crippen molar-refractivity contribution in [2.45, 2.75) is 13.8 Å². The molecule has 0 unspecified atom stereocenters. The van der Waals surface area contributed by atoms with Crippen LogP contribution in [-0.4, -0.2) is 36.5 Å². The topological polar surface area (TPSA) is 52.7 Å². The summed E-state index contributed by atoms with van der Waals surface area (Å²) in [4.78, 5) is 28.1. The Morgan fingerprint density at radius 1 is 1.08 bits per heavy atom. The fraction of sp³-hybridized carbons (Fsp3) is 0.263. The van der Waals surface area contributed by atoms with Gasteiger partial charge in [0.25, 0.3) is 0 Å². The molecule has 3 rings (SSSR count). The van der Waals surface area contributed by atoms with Crippen LogP contribution in [0.25, 0.3) is 0 Å². The monoisotopic (exact) mass is 357 g/mol. The predicted octanol–water partition coefficient (Wildman–Crippen LogP) is 3.84. The van der Waals surface area contributed by atoms with E-state index in [1.165, 1.54) is 0 Å². The van der Waals surface area contributed by atoms with Crippen molar-refractivity contribution in [2.75, 3.05) is 29.9 Å². The Hall–Kier alpha value is -2.53. The second-order valence-corrected chi connectivity index (χ2v) is 6.58. The quantitative estimate of drug-likeness (QED) is 0.903. The number of hydrogen-bond donors (Lipinski definition) is 1. The van der Waals surface area contributed by atoms with Gasteiger partial charge in [-0.15, -0.1) is 0 Å². The molecule has 25 heavy (non-hydrogen) atoms. The van der Waals surface area contributed by atoms with Crippen LogP contribution < -0.4 is 10.2 Å². The van der Waals surface area contributed by atoms with Crippen LogP contribution in [0, 0.1) is 13.8 Å². The maximum atomic E-state index is 12.6. The molecule has 0 aromatic heterocycles. The van der Waals surface area contributed by atoms with Crippen molar-refractivity contribution in [3.8, 4) is 0 Å². The second-order valence-electron chi connectivity index (χ2n) is 6.15. The van der Waals surface area contributed by atoms with Gasteiger partial charge in [-0.3, -0.25) is 9.69 Å². The molecule has 0 aliphatic carbocycles. The number of nitrogens with one attached hydrogen (secondary N) is 1. The number of amides is 3. The third-order valence-corrected chi connectivity index (χ3v) is 4.57. The van der Waals surface area contributed by atoms with E-state index in [1.54, 1.807) is 34.1 Å². The highest BCUT2D eigenvalue weighted by atomic mass is 35.5. The van der Waals surface area contributed by atoms with Gasteiger partial charge in [0.1, 0.15) is 6.54 Å². The van der Waals surface area contributed by atoms with Crippen LogP contribution in [0.5, 0.6) is 0 Å². The zero-order valence-electron chi connectivity index (χ0n) is 14.3. The molecule has 2 aromatic rings. The van der Waals surface area contributed by atoms with Crippen molar-refractivity contribution in [1.82, 2.24) is 4.90 Å². The molecule has 1 N–H and O–H groups in total. The van der Waals surface area contributed by atoms with Crippen LogP contribution in [-0.2, 0) is 4.79 Å². The summed E-state index contributed by atoms with van der Waals surface area (Å²) in [5.74, 6) is -0.191. The summed E-state index contributed by atoms with van der Waals surface area (Å²) in [5, 5.41) is 3.54. The molecule has 6 heteroatoms. The number of anilines is 2. The number of aryl methyl sites for hydroxylation is 2. The molecular formula is C19H20ClN3O2. The third kappa shape index (κ3) is 3.77. The molecule has 3 amide bonds. The normalized spacial score (nSPS) is 14.1. The smallest absolute Gasteiger partial charge is 0.324 e. The number of halogens is 1. The lowest BCUT2D eigenvalue weighted by Gasteiger charge is -2.19. The molecule has 0 spiro atoms. The van der Waals surface area contributed by atoms with Crippen molar-refractivity contribution in [1.29, 1.82) is 0 Å². The van der Waals surface area contributed by atoms with E-state index in [0.717, 1.165) is 22.5 Å². The van der Waals surface area contributed by atoms with E-state index in [2.05, 4.69) is 5.32 Å². The largest absolute Gasteiger partial charge is 0.325 e. The molecule has 1 saturated heterocycles. The molecule has 0 radical (unpaired) electrons. The van der Waals surface area contributed by atoms with Crippen molar-refractivity contribution in [3.05, 3.63) is 58.6 Å². The SMILES string of the molecule is Cc1cccc(C)c1NC(=O)CN1CCN(c2ccc(Cl)cc2)C1=O. The zero-order chi connectivity index (χ0) is 18.0. The number of nitrogens with zero attached hydrogens (tertiary/aromatic N) is 2. The van der Waals surface area contributed by atoms with Crippen molar-refractivity contribution < 1.29 is 9.59 Å². The second kappa shape index (κ2) is 7.15. The summed E-state index contributed by atoms with van der Waals surface area (Å²) >= 11 is 5.89. The highest BCUT2D eigenvalue weighted by Gasteiger charge is 2.30. The molecular weight excluding hydrogens is 338 g/mol. The fourth-order valence-electron chi connectivity index (χ4n) is 2.95. The number of para-hydroxylation sites is 1. The molecule has 0 saturated carbocycles. The first-order chi connectivity index (χ1) is 12.0. The average Bonchev–Trinajstić information content (AvgIpc) is 2.93. The van der Waals surface area contributed by atoms with E-state index >= 15 is 0 Å². The summed E-state index contributed by atoms with van der Waals surface area (Å²) < 4.78 is 0. The van der Waals surface area contributed by atoms with E-state index in [1.807, 2.05) is 32.0 Å². The van der Waals surface area contributed by atoms with E-state index in [4.69, 9.17) is 11.6 Å². The summed E-state index contributed by atoms with van der Waals surface area (Å²) in [5.41, 5.74) is 3.61. The molecule has 130 valence electrons. The van der Waals surface area contributed by atoms with Gasteiger partial charge in [-0.2, -0.15) is 0 Å². The van der Waals surface area contributed by atoms with Gasteiger partial charge in [0.15, 0.2) is 0 Å². The number of urea groups is 1. The summed E-state index contributed by atoms with van der Waals surface area (Å²) in [6, 6.07) is 12.8. The summed E-state index contributed by atoms with van der Waals surface area (Å²) in [7, 11) is 0. The van der Waals surface area contributed by atoms with Crippen LogP contribution in [0.2, 0.25) is 5.02 Å². The molecule has 1 heterocycles. The Morgan fingerprint density at radius 2 is 1.72 bits per heavy atom. The lowest BCUT2D eigenvalue weighted by Crippen LogP contribution is -2.37. The van der Waals surface area contributed by atoms with Gasteiger partial charge in [0.05, 0.1) is 0 Å². The molecule has 0 atom stereocenters. The first-order valence-corrected chi connectivity index (χ1v) is 8.51. The number of benzene rings is 2. The minimum Gasteiger partial charge on any atom is -0.324 e. The number of carbonyl (C=O) groups excluding carboxylic acids is 2. The zero-order valence-corrected chi connectivity index (χ0v) is 15.0. The van der Waals surface area contributed by atoms with Gasteiger partial charge in [0, 0.05) is 29.5 Å². The lowest BCUT2D eigenvalue weighted by molar-refractivity contribution is -0.116. The molecule has 1 aliphatic heterocycles. The number of carbonyl (C=O) groups is 2. The Kier molecular flexibility index (Phi) is 4.95. The third-order valence-electron chi connectivity index (χ3n) is 4.31. The molecule has 2 aromatic carbocycles. The minimum atomic E-state index is -0.191. The first-order valence-electron chi connectivity index (χ1n) is 8.14. The maximum Gasteiger partial charge on any atom is 0.325 e. The lowest BCUT2D eigenvalue weighted by atomic mass is 10.1. The molecule has 1 aliphatic rings. The van der Waals surface area contributed by atoms with Crippen LogP contribution in [0.15, 0.2) is 42.5 Å². The summed E-state index contributed by atoms with van der Waals surface area (Å²) in [6.07, 6.45) is 0. The highest BCUT2D eigenvalue weighted by Crippen LogP contribution is 2.23. The van der Waals surface area contributed by atoms with Gasteiger partial charge in [0.2, 0.25) is 5.91 Å². The Morgan fingerprint density at radius 3 is 2.36 bits per heavy atom. The van der Waals surface area contributed by atoms with Crippen LogP contribution in [0.4, 0.5) is 16.2 Å². The van der Waals surface area contributed by atoms with Gasteiger partial charge >= 0.3 is 6.03 Å². The van der Waals surface area contributed by atoms with Crippen molar-refractivity contribution in [2.24, 2.45) is 0 Å². The van der Waals surface area contributed by atoms with E-state index in [9.17, 15) is 9.59 Å². The summed E-state index contributed by atoms with van der Waals surface area (Å²) in [6.45, 7) is 5.01. The first kappa shape index (κ1) is 17.3. The van der Waals surface area contributed by atoms with Crippen molar-refractivity contribution >= 4 is 34.9 Å². The number of rotatable bonds is 4. The Balaban J connectivity index is 1.65. The van der Waals surface area contributed by atoms with Crippen LogP contribution in [0.1, 0.15) is 11.1 Å². The Bertz CT molecular complexity index is 785. The molecule has 5 nitrogen and oxygen atoms in total. The van der Waals surface area contributed by atoms with E-state index in [0.29, 0.717) is 18.1 Å². The highest BCUT2D eigenvalue weighted by molar-refractivity contribution is 6.30. The number of hydrogen-bond acceptors (Lipinski definition) is 2. The molecule has 1 fully saturated rings. The Labute approximate surface area is 152 Å². The standard InChI is InChI=1S/C19H20ClN3O2/c1-13-4-3-5-14(2)18(13)21-17(24)12-22-10-11-23(19(22)25)16-8-6-15(20)7-9-16/h3-9H,10-12H2,1-2H3,(H,21,24). The average molecular weight is 358 g/mol. The van der Waals surface area contributed by atoms with Gasteiger partial charge in [-0.25, -0.2) is 4.79 Å². The van der Waals surface area contributed by atoms with Crippen LogP contribution in [0.3, 0.4) is 0 Å². The predicted molar refractivity (Wildman–Crippen MR) is 100 cm³/mol.